The Morgan fingerprint density at radius 2 is 1.88 bits per heavy atom. The van der Waals surface area contributed by atoms with Crippen LogP contribution in [0.15, 0.2) is 42.5 Å². The van der Waals surface area contributed by atoms with E-state index in [-0.39, 0.29) is 24.1 Å². The number of fused-ring (bicyclic) bond motifs is 2. The van der Waals surface area contributed by atoms with Crippen LogP contribution >= 0.6 is 0 Å². The number of sulfonamides is 1. The second-order valence-corrected chi connectivity index (χ2v) is 10.6. The molecular weight excluding hydrogens is 428 g/mol. The van der Waals surface area contributed by atoms with E-state index in [2.05, 4.69) is 19.2 Å². The Labute approximate surface area is 189 Å². The zero-order chi connectivity index (χ0) is 23.1. The highest BCUT2D eigenvalue weighted by Gasteiger charge is 2.41. The summed E-state index contributed by atoms with van der Waals surface area (Å²) < 4.78 is 38.4. The van der Waals surface area contributed by atoms with Crippen LogP contribution in [0.25, 0.3) is 0 Å². The van der Waals surface area contributed by atoms with E-state index in [4.69, 9.17) is 9.47 Å². The Balaban J connectivity index is 1.62. The number of anilines is 1. The third-order valence-corrected chi connectivity index (χ3v) is 7.63. The Bertz CT molecular complexity index is 1130. The first-order valence-electron chi connectivity index (χ1n) is 11.0. The van der Waals surface area contributed by atoms with Crippen molar-refractivity contribution < 1.29 is 22.7 Å². The molecule has 2 aliphatic rings. The van der Waals surface area contributed by atoms with E-state index in [0.29, 0.717) is 17.9 Å². The molecule has 0 saturated heterocycles. The highest BCUT2D eigenvalue weighted by molar-refractivity contribution is 7.92. The Hall–Kier alpha value is -2.74. The van der Waals surface area contributed by atoms with Gasteiger partial charge >= 0.3 is 0 Å². The van der Waals surface area contributed by atoms with Crippen LogP contribution in [-0.4, -0.2) is 38.8 Å². The molecule has 2 aromatic carbocycles. The van der Waals surface area contributed by atoms with Crippen LogP contribution in [0.2, 0.25) is 0 Å². The number of hydrogen-bond acceptors (Lipinski definition) is 5. The standard InChI is InChI=1S/C24H30N2O5S/c1-5-24(6-2)14-18(17-9-7-8-10-20(17)31-24)25-23(27)22-15-26(32(4,28)29)19-12-11-16(3)13-21(19)30-22/h7-13,18,22H,5-6,14-15H2,1-4H3,(H,25,27)/t18-,22+/m1/s1. The number of benzene rings is 2. The summed E-state index contributed by atoms with van der Waals surface area (Å²) in [4.78, 5) is 13.3. The zero-order valence-electron chi connectivity index (χ0n) is 18.9. The number of nitrogens with one attached hydrogen (secondary N) is 1. The highest BCUT2D eigenvalue weighted by atomic mass is 32.2. The maximum atomic E-state index is 13.3. The number of hydrogen-bond donors (Lipinski definition) is 1. The van der Waals surface area contributed by atoms with Crippen molar-refractivity contribution in [2.45, 2.75) is 57.8 Å². The molecule has 0 unspecified atom stereocenters. The van der Waals surface area contributed by atoms with Crippen molar-refractivity contribution in [2.75, 3.05) is 17.1 Å². The molecule has 0 spiro atoms. The molecule has 1 N–H and O–H groups in total. The molecule has 2 atom stereocenters. The monoisotopic (exact) mass is 458 g/mol. The molecule has 172 valence electrons. The molecule has 0 bridgehead atoms. The number of carbonyl (C=O) groups excluding carboxylic acids is 1. The number of rotatable bonds is 5. The maximum absolute atomic E-state index is 13.3. The minimum absolute atomic E-state index is 0.0711. The smallest absolute Gasteiger partial charge is 0.263 e. The van der Waals surface area contributed by atoms with Crippen LogP contribution in [0.5, 0.6) is 11.5 Å². The van der Waals surface area contributed by atoms with E-state index in [0.717, 1.165) is 36.0 Å². The van der Waals surface area contributed by atoms with Gasteiger partial charge in [-0.1, -0.05) is 38.1 Å². The van der Waals surface area contributed by atoms with Gasteiger partial charge in [-0.3, -0.25) is 9.10 Å². The van der Waals surface area contributed by atoms with Crippen molar-refractivity contribution in [1.29, 1.82) is 0 Å². The summed E-state index contributed by atoms with van der Waals surface area (Å²) >= 11 is 0. The van der Waals surface area contributed by atoms with E-state index in [1.807, 2.05) is 37.3 Å². The molecule has 2 aromatic rings. The van der Waals surface area contributed by atoms with Gasteiger partial charge in [0.2, 0.25) is 10.0 Å². The Morgan fingerprint density at radius 3 is 2.56 bits per heavy atom. The van der Waals surface area contributed by atoms with Gasteiger partial charge < -0.3 is 14.8 Å². The topological polar surface area (TPSA) is 84.9 Å². The van der Waals surface area contributed by atoms with Crippen molar-refractivity contribution >= 4 is 21.6 Å². The van der Waals surface area contributed by atoms with Gasteiger partial charge in [0.15, 0.2) is 6.10 Å². The fourth-order valence-corrected chi connectivity index (χ4v) is 5.42. The van der Waals surface area contributed by atoms with Gasteiger partial charge in [-0.15, -0.1) is 0 Å². The first-order valence-corrected chi connectivity index (χ1v) is 12.8. The molecule has 2 heterocycles. The molecule has 0 aromatic heterocycles. The molecule has 4 rings (SSSR count). The number of aryl methyl sites for hydroxylation is 1. The molecule has 0 aliphatic carbocycles. The summed E-state index contributed by atoms with van der Waals surface area (Å²) in [6, 6.07) is 12.8. The molecule has 2 aliphatic heterocycles. The van der Waals surface area contributed by atoms with Crippen molar-refractivity contribution in [3.05, 3.63) is 53.6 Å². The highest BCUT2D eigenvalue weighted by Crippen LogP contribution is 2.43. The van der Waals surface area contributed by atoms with Crippen LogP contribution in [-0.2, 0) is 14.8 Å². The van der Waals surface area contributed by atoms with Crippen molar-refractivity contribution in [3.8, 4) is 11.5 Å². The lowest BCUT2D eigenvalue weighted by atomic mass is 9.83. The summed E-state index contributed by atoms with van der Waals surface area (Å²) in [5, 5.41) is 3.12. The lowest BCUT2D eigenvalue weighted by Gasteiger charge is -2.42. The molecular formula is C24H30N2O5S. The lowest BCUT2D eigenvalue weighted by molar-refractivity contribution is -0.129. The number of ether oxygens (including phenoxy) is 2. The van der Waals surface area contributed by atoms with Gasteiger partial charge in [-0.25, -0.2) is 8.42 Å². The fourth-order valence-electron chi connectivity index (χ4n) is 4.51. The van der Waals surface area contributed by atoms with Crippen LogP contribution in [0.4, 0.5) is 5.69 Å². The second-order valence-electron chi connectivity index (χ2n) is 8.67. The van der Waals surface area contributed by atoms with Gasteiger partial charge in [0.25, 0.3) is 5.91 Å². The molecule has 1 amide bonds. The minimum Gasteiger partial charge on any atom is -0.487 e. The van der Waals surface area contributed by atoms with E-state index < -0.39 is 16.1 Å². The molecule has 0 saturated carbocycles. The molecule has 7 nitrogen and oxygen atoms in total. The second kappa shape index (κ2) is 8.31. The van der Waals surface area contributed by atoms with Gasteiger partial charge in [-0.2, -0.15) is 0 Å². The molecule has 0 fully saturated rings. The van der Waals surface area contributed by atoms with Crippen molar-refractivity contribution in [1.82, 2.24) is 5.32 Å². The first-order chi connectivity index (χ1) is 15.2. The first kappa shape index (κ1) is 22.5. The average Bonchev–Trinajstić information content (AvgIpc) is 2.77. The average molecular weight is 459 g/mol. The SMILES string of the molecule is CCC1(CC)C[C@@H](NC(=O)[C@@H]2CN(S(C)(=O)=O)c3ccc(C)cc3O2)c2ccccc2O1. The van der Waals surface area contributed by atoms with Crippen LogP contribution in [0, 0.1) is 6.92 Å². The maximum Gasteiger partial charge on any atom is 0.263 e. The normalized spacial score (nSPS) is 21.6. The largest absolute Gasteiger partial charge is 0.487 e. The van der Waals surface area contributed by atoms with Gasteiger partial charge in [0.05, 0.1) is 24.5 Å². The zero-order valence-corrected chi connectivity index (χ0v) is 19.7. The summed E-state index contributed by atoms with van der Waals surface area (Å²) in [5.41, 5.74) is 1.94. The third kappa shape index (κ3) is 4.16. The van der Waals surface area contributed by atoms with E-state index in [1.54, 1.807) is 12.1 Å². The minimum atomic E-state index is -3.57. The molecule has 0 radical (unpaired) electrons. The van der Waals surface area contributed by atoms with E-state index >= 15 is 0 Å². The fraction of sp³-hybridized carbons (Fsp3) is 0.458. The quantitative estimate of drug-likeness (QED) is 0.738. The Morgan fingerprint density at radius 1 is 1.16 bits per heavy atom. The lowest BCUT2D eigenvalue weighted by Crippen LogP contribution is -2.52. The van der Waals surface area contributed by atoms with Gasteiger partial charge in [-0.05, 0) is 43.5 Å². The van der Waals surface area contributed by atoms with Gasteiger partial charge in [0, 0.05) is 12.0 Å². The van der Waals surface area contributed by atoms with Crippen molar-refractivity contribution in [2.24, 2.45) is 0 Å². The van der Waals surface area contributed by atoms with Crippen LogP contribution in [0.3, 0.4) is 0 Å². The number of nitrogens with zero attached hydrogens (tertiary/aromatic N) is 1. The Kier molecular flexibility index (Phi) is 5.83. The predicted octanol–water partition coefficient (Wildman–Crippen LogP) is 3.72. The third-order valence-electron chi connectivity index (χ3n) is 6.48. The number of amides is 1. The van der Waals surface area contributed by atoms with Crippen molar-refractivity contribution in [3.63, 3.8) is 0 Å². The predicted molar refractivity (Wildman–Crippen MR) is 124 cm³/mol. The number of carbonyl (C=O) groups is 1. The summed E-state index contributed by atoms with van der Waals surface area (Å²) in [6.07, 6.45) is 2.47. The van der Waals surface area contributed by atoms with Crippen LogP contribution < -0.4 is 19.1 Å². The number of para-hydroxylation sites is 1. The molecule has 8 heteroatoms. The van der Waals surface area contributed by atoms with Crippen LogP contribution in [0.1, 0.15) is 50.3 Å². The van der Waals surface area contributed by atoms with E-state index in [1.165, 1.54) is 4.31 Å². The van der Waals surface area contributed by atoms with Gasteiger partial charge in [0.1, 0.15) is 17.1 Å². The summed E-state index contributed by atoms with van der Waals surface area (Å²) in [6.45, 7) is 6.00. The molecule has 32 heavy (non-hydrogen) atoms. The summed E-state index contributed by atoms with van der Waals surface area (Å²) in [7, 11) is -3.57. The van der Waals surface area contributed by atoms with E-state index in [9.17, 15) is 13.2 Å². The summed E-state index contributed by atoms with van der Waals surface area (Å²) in [5.74, 6) is 0.829.